The summed E-state index contributed by atoms with van der Waals surface area (Å²) in [6, 6.07) is 0. The summed E-state index contributed by atoms with van der Waals surface area (Å²) < 4.78 is 0. The molecule has 0 rings (SSSR count). The van der Waals surface area contributed by atoms with Crippen LogP contribution in [0, 0.1) is 29.1 Å². The van der Waals surface area contributed by atoms with Crippen LogP contribution in [0.2, 0.25) is 0 Å². The lowest BCUT2D eigenvalue weighted by Gasteiger charge is -2.42. The van der Waals surface area contributed by atoms with E-state index in [1.54, 1.807) is 0 Å². The predicted octanol–water partition coefficient (Wildman–Crippen LogP) is 9.20. The van der Waals surface area contributed by atoms with Crippen molar-refractivity contribution in [3.63, 3.8) is 0 Å². The molecule has 3 unspecified atom stereocenters. The Bertz CT molecular complexity index is 401. The van der Waals surface area contributed by atoms with E-state index in [-0.39, 0.29) is 6.10 Å². The van der Waals surface area contributed by atoms with Gasteiger partial charge in [-0.15, -0.1) is 0 Å². The Morgan fingerprint density at radius 2 is 1.38 bits per heavy atom. The first-order valence-electron chi connectivity index (χ1n) is 13.0. The molecule has 0 bridgehead atoms. The van der Waals surface area contributed by atoms with Gasteiger partial charge in [-0.1, -0.05) is 120 Å². The van der Waals surface area contributed by atoms with Crippen LogP contribution in [0.5, 0.6) is 0 Å². The topological polar surface area (TPSA) is 20.2 Å². The van der Waals surface area contributed by atoms with Gasteiger partial charge in [-0.25, -0.2) is 0 Å². The van der Waals surface area contributed by atoms with Crippen LogP contribution in [0.3, 0.4) is 0 Å². The van der Waals surface area contributed by atoms with Gasteiger partial charge in [0.2, 0.25) is 0 Å². The Morgan fingerprint density at radius 3 is 1.90 bits per heavy atom. The Balaban J connectivity index is 4.41. The van der Waals surface area contributed by atoms with Crippen LogP contribution in [0.25, 0.3) is 0 Å². The molecule has 1 heteroatoms. The smallest absolute Gasteiger partial charge is 0.0747 e. The molecule has 0 fully saturated rings. The quantitative estimate of drug-likeness (QED) is 0.188. The lowest BCUT2D eigenvalue weighted by Crippen LogP contribution is -2.35. The van der Waals surface area contributed by atoms with Crippen molar-refractivity contribution in [3.8, 4) is 0 Å². The molecule has 0 aliphatic heterocycles. The second-order valence-corrected chi connectivity index (χ2v) is 10.9. The average molecular weight is 409 g/mol. The maximum Gasteiger partial charge on any atom is 0.0747 e. The van der Waals surface area contributed by atoms with Gasteiger partial charge in [0.1, 0.15) is 0 Å². The third-order valence-corrected chi connectivity index (χ3v) is 7.65. The minimum absolute atomic E-state index is 0.292. The van der Waals surface area contributed by atoms with E-state index in [9.17, 15) is 5.11 Å². The van der Waals surface area contributed by atoms with Crippen LogP contribution >= 0.6 is 0 Å². The molecule has 0 aliphatic carbocycles. The summed E-state index contributed by atoms with van der Waals surface area (Å²) in [6.45, 7) is 23.3. The summed E-state index contributed by atoms with van der Waals surface area (Å²) in [5, 5.41) is 10.5. The summed E-state index contributed by atoms with van der Waals surface area (Å²) in [7, 11) is 0. The van der Waals surface area contributed by atoms with Crippen molar-refractivity contribution in [2.45, 2.75) is 139 Å². The van der Waals surface area contributed by atoms with Gasteiger partial charge < -0.3 is 5.11 Å². The van der Waals surface area contributed by atoms with Crippen molar-refractivity contribution in [1.29, 1.82) is 0 Å². The summed E-state index contributed by atoms with van der Waals surface area (Å²) in [6.07, 6.45) is 14.2. The molecule has 4 atom stereocenters. The maximum atomic E-state index is 10.5. The molecule has 0 saturated carbocycles. The number of aliphatic hydroxyl groups is 1. The molecule has 1 N–H and O–H groups in total. The Hall–Kier alpha value is -0.300. The van der Waals surface area contributed by atoms with Crippen molar-refractivity contribution in [2.24, 2.45) is 29.1 Å². The van der Waals surface area contributed by atoms with Gasteiger partial charge in [-0.05, 0) is 53.9 Å². The number of unbranched alkanes of at least 4 members (excludes halogenated alkanes) is 5. The van der Waals surface area contributed by atoms with E-state index in [1.807, 2.05) is 0 Å². The van der Waals surface area contributed by atoms with E-state index in [0.29, 0.717) is 5.41 Å². The SMILES string of the molecule is C=C(CCCCCCC)C(O)CCCCC(C)[C@H](C(CC)CC)C(C)C(C)(C)C. The van der Waals surface area contributed by atoms with E-state index < -0.39 is 0 Å². The summed E-state index contributed by atoms with van der Waals surface area (Å²) >= 11 is 0. The predicted molar refractivity (Wildman–Crippen MR) is 132 cm³/mol. The number of hydrogen-bond donors (Lipinski definition) is 1. The van der Waals surface area contributed by atoms with Crippen LogP contribution in [0.1, 0.15) is 132 Å². The molecule has 0 saturated heterocycles. The van der Waals surface area contributed by atoms with Crippen LogP contribution in [0.4, 0.5) is 0 Å². The molecule has 0 heterocycles. The second-order valence-electron chi connectivity index (χ2n) is 10.9. The standard InChI is InChI=1S/C28H56O/c1-10-13-14-15-16-19-22(4)26(29)21-18-17-20-23(5)27(25(11-2)12-3)24(6)28(7,8)9/h23-27,29H,4,10-21H2,1-3,5-9H3/t23?,24?,26?,27-/m0/s1. The first-order chi connectivity index (χ1) is 13.6. The second kappa shape index (κ2) is 15.5. The Labute approximate surface area is 185 Å². The Morgan fingerprint density at radius 1 is 0.828 bits per heavy atom. The van der Waals surface area contributed by atoms with E-state index in [2.05, 4.69) is 62.0 Å². The zero-order chi connectivity index (χ0) is 22.4. The molecule has 0 aliphatic rings. The molecule has 0 spiro atoms. The number of hydrogen-bond acceptors (Lipinski definition) is 1. The molecule has 1 nitrogen and oxygen atoms in total. The van der Waals surface area contributed by atoms with Gasteiger partial charge in [-0.3, -0.25) is 0 Å². The van der Waals surface area contributed by atoms with Crippen LogP contribution in [-0.2, 0) is 0 Å². The third kappa shape index (κ3) is 11.6. The van der Waals surface area contributed by atoms with Crippen molar-refractivity contribution >= 4 is 0 Å². The molecular weight excluding hydrogens is 352 g/mol. The summed E-state index contributed by atoms with van der Waals surface area (Å²) in [5.41, 5.74) is 1.43. The molecule has 29 heavy (non-hydrogen) atoms. The largest absolute Gasteiger partial charge is 0.389 e. The van der Waals surface area contributed by atoms with Crippen molar-refractivity contribution in [3.05, 3.63) is 12.2 Å². The fraction of sp³-hybridized carbons (Fsp3) is 0.929. The van der Waals surface area contributed by atoms with Crippen molar-refractivity contribution < 1.29 is 5.11 Å². The molecule has 0 radical (unpaired) electrons. The molecule has 0 aromatic rings. The molecular formula is C28H56O. The highest BCUT2D eigenvalue weighted by Gasteiger charge is 2.35. The highest BCUT2D eigenvalue weighted by Crippen LogP contribution is 2.43. The lowest BCUT2D eigenvalue weighted by atomic mass is 9.63. The summed E-state index contributed by atoms with van der Waals surface area (Å²) in [4.78, 5) is 0. The minimum Gasteiger partial charge on any atom is -0.389 e. The minimum atomic E-state index is -0.292. The number of rotatable bonds is 17. The fourth-order valence-electron chi connectivity index (χ4n) is 5.10. The van der Waals surface area contributed by atoms with Crippen LogP contribution < -0.4 is 0 Å². The van der Waals surface area contributed by atoms with Crippen molar-refractivity contribution in [2.75, 3.05) is 0 Å². The maximum absolute atomic E-state index is 10.5. The van der Waals surface area contributed by atoms with Gasteiger partial charge in [-0.2, -0.15) is 0 Å². The Kier molecular flexibility index (Phi) is 15.3. The van der Waals surface area contributed by atoms with Crippen molar-refractivity contribution in [1.82, 2.24) is 0 Å². The van der Waals surface area contributed by atoms with E-state index in [4.69, 9.17) is 0 Å². The van der Waals surface area contributed by atoms with Gasteiger partial charge in [0.05, 0.1) is 6.10 Å². The van der Waals surface area contributed by atoms with Gasteiger partial charge >= 0.3 is 0 Å². The average Bonchev–Trinajstić information content (AvgIpc) is 2.67. The van der Waals surface area contributed by atoms with Crippen LogP contribution in [0.15, 0.2) is 12.2 Å². The first kappa shape index (κ1) is 28.7. The fourth-order valence-corrected chi connectivity index (χ4v) is 5.10. The monoisotopic (exact) mass is 408 g/mol. The molecule has 0 aromatic carbocycles. The highest BCUT2D eigenvalue weighted by molar-refractivity contribution is 5.01. The van der Waals surface area contributed by atoms with Crippen LogP contribution in [-0.4, -0.2) is 11.2 Å². The molecule has 0 aromatic heterocycles. The van der Waals surface area contributed by atoms with Gasteiger partial charge in [0.25, 0.3) is 0 Å². The van der Waals surface area contributed by atoms with E-state index in [1.165, 1.54) is 57.8 Å². The van der Waals surface area contributed by atoms with E-state index >= 15 is 0 Å². The normalized spacial score (nSPS) is 16.6. The molecule has 174 valence electrons. The lowest BCUT2D eigenvalue weighted by molar-refractivity contribution is 0.0704. The van der Waals surface area contributed by atoms with Gasteiger partial charge in [0, 0.05) is 0 Å². The summed E-state index contributed by atoms with van der Waals surface area (Å²) in [5.74, 6) is 3.12. The third-order valence-electron chi connectivity index (χ3n) is 7.65. The van der Waals surface area contributed by atoms with Gasteiger partial charge in [0.15, 0.2) is 0 Å². The molecule has 0 amide bonds. The zero-order valence-electron chi connectivity index (χ0n) is 21.5. The first-order valence-corrected chi connectivity index (χ1v) is 13.0. The van der Waals surface area contributed by atoms with E-state index in [0.717, 1.165) is 48.5 Å². The highest BCUT2D eigenvalue weighted by atomic mass is 16.3. The zero-order valence-corrected chi connectivity index (χ0v) is 21.5. The number of aliphatic hydroxyl groups excluding tert-OH is 1.